The van der Waals surface area contributed by atoms with Crippen molar-refractivity contribution in [1.82, 2.24) is 0 Å². The molecule has 0 radical (unpaired) electrons. The van der Waals surface area contributed by atoms with Gasteiger partial charge in [-0.25, -0.2) is 4.79 Å². The van der Waals surface area contributed by atoms with Crippen molar-refractivity contribution in [2.45, 2.75) is 0 Å². The molecule has 1 aliphatic heterocycles. The van der Waals surface area contributed by atoms with Crippen LogP contribution in [0.4, 0.5) is 5.69 Å². The lowest BCUT2D eigenvalue weighted by atomic mass is 10.0. The van der Waals surface area contributed by atoms with E-state index in [0.29, 0.717) is 37.0 Å². The molecular weight excluding hydrogens is 371 g/mol. The summed E-state index contributed by atoms with van der Waals surface area (Å²) in [5.41, 5.74) is 5.91. The second-order valence-corrected chi connectivity index (χ2v) is 5.96. The normalized spacial score (nSPS) is 15.2. The second kappa shape index (κ2) is 9.05. The molecule has 136 valence electrons. The van der Waals surface area contributed by atoms with Crippen LogP contribution in [0.1, 0.15) is 5.56 Å². The molecule has 9 heteroatoms. The zero-order chi connectivity index (χ0) is 18.4. The first kappa shape index (κ1) is 19.5. The van der Waals surface area contributed by atoms with E-state index in [9.17, 15) is 9.59 Å². The molecule has 3 N–H and O–H groups in total. The van der Waals surface area contributed by atoms with E-state index in [0.717, 1.165) is 6.08 Å². The number of carbonyl (C=O) groups is 2. The molecular formula is C16H18Cl2N2O5. The number of morpholine rings is 1. The Hall–Kier alpha value is -1.80. The lowest BCUT2D eigenvalue weighted by Gasteiger charge is -2.31. The standard InChI is InChI=1S/C16H18Cl2N2O5/c17-12-2-1-10(11(9-13(19)22)16(23)25-8-5-21)14(18)15(12)20-3-6-24-7-4-20/h1-2,9,21H,3-8H2,(H2,19,22). The molecule has 0 bridgehead atoms. The number of nitrogens with two attached hydrogens (primary N) is 1. The third kappa shape index (κ3) is 4.85. The molecule has 1 saturated heterocycles. The highest BCUT2D eigenvalue weighted by molar-refractivity contribution is 6.41. The Morgan fingerprint density at radius 3 is 2.60 bits per heavy atom. The summed E-state index contributed by atoms with van der Waals surface area (Å²) in [5.74, 6) is -1.64. The van der Waals surface area contributed by atoms with Crippen molar-refractivity contribution in [1.29, 1.82) is 0 Å². The minimum atomic E-state index is -0.824. The number of amides is 1. The summed E-state index contributed by atoms with van der Waals surface area (Å²) in [6, 6.07) is 3.10. The number of halogens is 2. The highest BCUT2D eigenvalue weighted by Gasteiger charge is 2.24. The van der Waals surface area contributed by atoms with E-state index in [-0.39, 0.29) is 29.4 Å². The van der Waals surface area contributed by atoms with Gasteiger partial charge in [0.1, 0.15) is 6.61 Å². The number of anilines is 1. The van der Waals surface area contributed by atoms with Gasteiger partial charge in [0.2, 0.25) is 5.91 Å². The van der Waals surface area contributed by atoms with Crippen LogP contribution in [-0.4, -0.2) is 56.5 Å². The first-order valence-corrected chi connectivity index (χ1v) is 8.31. The number of ether oxygens (including phenoxy) is 2. The van der Waals surface area contributed by atoms with Gasteiger partial charge >= 0.3 is 5.97 Å². The quantitative estimate of drug-likeness (QED) is 0.561. The highest BCUT2D eigenvalue weighted by Crippen LogP contribution is 2.39. The molecule has 1 aromatic rings. The zero-order valence-electron chi connectivity index (χ0n) is 13.3. The molecule has 0 unspecified atom stereocenters. The molecule has 0 atom stereocenters. The molecule has 0 spiro atoms. The van der Waals surface area contributed by atoms with Crippen LogP contribution in [0, 0.1) is 0 Å². The second-order valence-electron chi connectivity index (χ2n) is 5.18. The fourth-order valence-corrected chi connectivity index (χ4v) is 3.14. The predicted molar refractivity (Wildman–Crippen MR) is 94.7 cm³/mol. The van der Waals surface area contributed by atoms with Crippen molar-refractivity contribution in [3.63, 3.8) is 0 Å². The van der Waals surface area contributed by atoms with Gasteiger partial charge in [0, 0.05) is 24.7 Å². The fourth-order valence-electron chi connectivity index (χ4n) is 2.43. The van der Waals surface area contributed by atoms with Crippen LogP contribution >= 0.6 is 23.2 Å². The third-order valence-corrected chi connectivity index (χ3v) is 4.20. The third-order valence-electron chi connectivity index (χ3n) is 3.52. The Morgan fingerprint density at radius 1 is 1.32 bits per heavy atom. The number of hydrogen-bond acceptors (Lipinski definition) is 6. The van der Waals surface area contributed by atoms with Gasteiger partial charge in [0.15, 0.2) is 0 Å². The number of aliphatic hydroxyl groups excluding tert-OH is 1. The predicted octanol–water partition coefficient (Wildman–Crippen LogP) is 1.23. The van der Waals surface area contributed by atoms with Crippen molar-refractivity contribution in [2.75, 3.05) is 44.4 Å². The zero-order valence-corrected chi connectivity index (χ0v) is 14.8. The van der Waals surface area contributed by atoms with Crippen LogP contribution in [0.3, 0.4) is 0 Å². The SMILES string of the molecule is NC(=O)C=C(C(=O)OCCO)c1ccc(Cl)c(N2CCOCC2)c1Cl. The van der Waals surface area contributed by atoms with Crippen LogP contribution in [0.2, 0.25) is 10.0 Å². The molecule has 1 amide bonds. The van der Waals surface area contributed by atoms with Gasteiger partial charge in [0.05, 0.1) is 41.1 Å². The number of primary amides is 1. The maximum Gasteiger partial charge on any atom is 0.339 e. The molecule has 1 heterocycles. The van der Waals surface area contributed by atoms with Crippen LogP contribution in [0.25, 0.3) is 5.57 Å². The molecule has 2 rings (SSSR count). The highest BCUT2D eigenvalue weighted by atomic mass is 35.5. The van der Waals surface area contributed by atoms with Gasteiger partial charge in [-0.3, -0.25) is 4.79 Å². The minimum absolute atomic E-state index is 0.0999. The van der Waals surface area contributed by atoms with Gasteiger partial charge in [-0.05, 0) is 6.07 Å². The summed E-state index contributed by atoms with van der Waals surface area (Å²) in [6.45, 7) is 1.68. The fraction of sp³-hybridized carbons (Fsp3) is 0.375. The van der Waals surface area contributed by atoms with Gasteiger partial charge < -0.3 is 25.2 Å². The summed E-state index contributed by atoms with van der Waals surface area (Å²) in [7, 11) is 0. The van der Waals surface area contributed by atoms with Gasteiger partial charge in [0.25, 0.3) is 0 Å². The van der Waals surface area contributed by atoms with Gasteiger partial charge in [-0.15, -0.1) is 0 Å². The van der Waals surface area contributed by atoms with Crippen molar-refractivity contribution in [2.24, 2.45) is 5.73 Å². The van der Waals surface area contributed by atoms with Crippen molar-refractivity contribution in [3.8, 4) is 0 Å². The Labute approximate surface area is 154 Å². The number of rotatable bonds is 6. The maximum atomic E-state index is 12.2. The smallest absolute Gasteiger partial charge is 0.339 e. The Balaban J connectivity index is 2.47. The Bertz CT molecular complexity index is 687. The number of carbonyl (C=O) groups excluding carboxylic acids is 2. The summed E-state index contributed by atoms with van der Waals surface area (Å²) in [6.07, 6.45) is 0.942. The first-order valence-electron chi connectivity index (χ1n) is 7.56. The summed E-state index contributed by atoms with van der Waals surface area (Å²) >= 11 is 12.8. The summed E-state index contributed by atoms with van der Waals surface area (Å²) in [5, 5.41) is 9.43. The van der Waals surface area contributed by atoms with Crippen molar-refractivity contribution < 1.29 is 24.2 Å². The number of esters is 1. The first-order chi connectivity index (χ1) is 12.0. The minimum Gasteiger partial charge on any atom is -0.460 e. The maximum absolute atomic E-state index is 12.2. The Kier molecular flexibility index (Phi) is 7.07. The summed E-state index contributed by atoms with van der Waals surface area (Å²) in [4.78, 5) is 25.5. The largest absolute Gasteiger partial charge is 0.460 e. The van der Waals surface area contributed by atoms with E-state index in [1.165, 1.54) is 6.07 Å². The van der Waals surface area contributed by atoms with E-state index in [1.807, 2.05) is 4.90 Å². The van der Waals surface area contributed by atoms with E-state index in [4.69, 9.17) is 43.5 Å². The van der Waals surface area contributed by atoms with Gasteiger partial charge in [-0.2, -0.15) is 0 Å². The lowest BCUT2D eigenvalue weighted by molar-refractivity contribution is -0.137. The van der Waals surface area contributed by atoms with E-state index in [2.05, 4.69) is 0 Å². The number of aliphatic hydroxyl groups is 1. The van der Waals surface area contributed by atoms with Crippen molar-refractivity contribution >= 4 is 46.3 Å². The van der Waals surface area contributed by atoms with E-state index < -0.39 is 11.9 Å². The topological polar surface area (TPSA) is 102 Å². The summed E-state index contributed by atoms with van der Waals surface area (Å²) < 4.78 is 10.2. The van der Waals surface area contributed by atoms with Crippen molar-refractivity contribution in [3.05, 3.63) is 33.8 Å². The van der Waals surface area contributed by atoms with E-state index >= 15 is 0 Å². The molecule has 7 nitrogen and oxygen atoms in total. The van der Waals surface area contributed by atoms with Crippen LogP contribution in [0.5, 0.6) is 0 Å². The average molecular weight is 389 g/mol. The number of hydrogen-bond donors (Lipinski definition) is 2. The molecule has 1 aliphatic rings. The molecule has 1 fully saturated rings. The molecule has 0 aliphatic carbocycles. The number of benzene rings is 1. The lowest BCUT2D eigenvalue weighted by Crippen LogP contribution is -2.36. The van der Waals surface area contributed by atoms with Crippen LogP contribution < -0.4 is 10.6 Å². The molecule has 0 aromatic heterocycles. The van der Waals surface area contributed by atoms with E-state index in [1.54, 1.807) is 6.07 Å². The van der Waals surface area contributed by atoms with Crippen LogP contribution in [0.15, 0.2) is 18.2 Å². The molecule has 1 aromatic carbocycles. The molecule has 25 heavy (non-hydrogen) atoms. The monoisotopic (exact) mass is 388 g/mol. The Morgan fingerprint density at radius 2 is 2.00 bits per heavy atom. The number of nitrogens with zero attached hydrogens (tertiary/aromatic N) is 1. The molecule has 0 saturated carbocycles. The van der Waals surface area contributed by atoms with Gasteiger partial charge in [-0.1, -0.05) is 29.3 Å². The van der Waals surface area contributed by atoms with Crippen LogP contribution in [-0.2, 0) is 19.1 Å². The average Bonchev–Trinajstić information content (AvgIpc) is 2.59.